The van der Waals surface area contributed by atoms with Gasteiger partial charge >= 0.3 is 0 Å². The van der Waals surface area contributed by atoms with Crippen LogP contribution in [0.15, 0.2) is 16.9 Å². The maximum atomic E-state index is 12.2. The van der Waals surface area contributed by atoms with Gasteiger partial charge in [-0.2, -0.15) is 0 Å². The predicted molar refractivity (Wildman–Crippen MR) is 66.4 cm³/mol. The van der Waals surface area contributed by atoms with Gasteiger partial charge < -0.3 is 4.90 Å². The zero-order chi connectivity index (χ0) is 11.5. The van der Waals surface area contributed by atoms with Crippen molar-refractivity contribution in [3.63, 3.8) is 0 Å². The molecule has 0 aromatic carbocycles. The Morgan fingerprint density at radius 2 is 2.00 bits per heavy atom. The number of rotatable bonds is 1. The minimum atomic E-state index is 0.117. The van der Waals surface area contributed by atoms with E-state index in [1.54, 1.807) is 12.4 Å². The lowest BCUT2D eigenvalue weighted by molar-refractivity contribution is 0.0723. The van der Waals surface area contributed by atoms with Crippen LogP contribution in [-0.2, 0) is 0 Å². The summed E-state index contributed by atoms with van der Waals surface area (Å²) in [6, 6.07) is 0. The van der Waals surface area contributed by atoms with E-state index >= 15 is 0 Å². The summed E-state index contributed by atoms with van der Waals surface area (Å²) in [4.78, 5) is 18.2. The van der Waals surface area contributed by atoms with Crippen molar-refractivity contribution in [3.8, 4) is 0 Å². The molecule has 1 amide bonds. The average Bonchev–Trinajstić information content (AvgIpc) is 2.33. The molecule has 0 aliphatic carbocycles. The molecule has 1 saturated heterocycles. The van der Waals surface area contributed by atoms with Crippen molar-refractivity contribution in [2.45, 2.75) is 26.2 Å². The molecular formula is C12H15BrN2O. The highest BCUT2D eigenvalue weighted by Gasteiger charge is 2.20. The second-order valence-electron chi connectivity index (χ2n) is 4.15. The molecule has 86 valence electrons. The van der Waals surface area contributed by atoms with Crippen molar-refractivity contribution in [3.05, 3.63) is 28.0 Å². The van der Waals surface area contributed by atoms with Crippen LogP contribution in [0.2, 0.25) is 0 Å². The molecule has 1 aromatic rings. The predicted octanol–water partition coefficient (Wildman–Crippen LogP) is 2.78. The van der Waals surface area contributed by atoms with Gasteiger partial charge in [-0.25, -0.2) is 0 Å². The van der Waals surface area contributed by atoms with Crippen molar-refractivity contribution in [2.75, 3.05) is 13.1 Å². The Bertz CT molecular complexity index is 400. The standard InChI is InChI=1S/C12H15BrN2O/c1-9-10(7-14-8-11(9)13)12(16)15-5-3-2-4-6-15/h7-8H,2-6H2,1H3. The van der Waals surface area contributed by atoms with E-state index in [1.165, 1.54) is 6.42 Å². The molecule has 2 heterocycles. The van der Waals surface area contributed by atoms with Crippen LogP contribution in [0.4, 0.5) is 0 Å². The second-order valence-corrected chi connectivity index (χ2v) is 5.00. The molecule has 0 N–H and O–H groups in total. The number of hydrogen-bond donors (Lipinski definition) is 0. The largest absolute Gasteiger partial charge is 0.339 e. The monoisotopic (exact) mass is 282 g/mol. The Kier molecular flexibility index (Phi) is 3.59. The summed E-state index contributed by atoms with van der Waals surface area (Å²) in [5.41, 5.74) is 1.70. The topological polar surface area (TPSA) is 33.2 Å². The van der Waals surface area contributed by atoms with Gasteiger partial charge in [0, 0.05) is 30.0 Å². The third-order valence-electron chi connectivity index (χ3n) is 3.03. The Morgan fingerprint density at radius 1 is 1.31 bits per heavy atom. The number of likely N-dealkylation sites (tertiary alicyclic amines) is 1. The van der Waals surface area contributed by atoms with E-state index in [2.05, 4.69) is 20.9 Å². The van der Waals surface area contributed by atoms with Crippen LogP contribution in [0.1, 0.15) is 35.2 Å². The minimum absolute atomic E-state index is 0.117. The number of carbonyl (C=O) groups is 1. The normalized spacial score (nSPS) is 16.2. The van der Waals surface area contributed by atoms with E-state index in [-0.39, 0.29) is 5.91 Å². The molecule has 3 nitrogen and oxygen atoms in total. The zero-order valence-corrected chi connectivity index (χ0v) is 11.0. The molecule has 0 atom stereocenters. The first-order valence-electron chi connectivity index (χ1n) is 5.59. The van der Waals surface area contributed by atoms with E-state index in [1.807, 2.05) is 11.8 Å². The minimum Gasteiger partial charge on any atom is -0.339 e. The molecule has 0 radical (unpaired) electrons. The van der Waals surface area contributed by atoms with Crippen molar-refractivity contribution < 1.29 is 4.79 Å². The SMILES string of the molecule is Cc1c(Br)cncc1C(=O)N1CCCCC1. The smallest absolute Gasteiger partial charge is 0.255 e. The van der Waals surface area contributed by atoms with Gasteiger partial charge in [0.2, 0.25) is 0 Å². The highest BCUT2D eigenvalue weighted by atomic mass is 79.9. The van der Waals surface area contributed by atoms with Crippen LogP contribution >= 0.6 is 15.9 Å². The molecule has 1 aliphatic heterocycles. The highest BCUT2D eigenvalue weighted by molar-refractivity contribution is 9.10. The van der Waals surface area contributed by atoms with Crippen molar-refractivity contribution >= 4 is 21.8 Å². The van der Waals surface area contributed by atoms with Gasteiger partial charge in [-0.3, -0.25) is 9.78 Å². The number of hydrogen-bond acceptors (Lipinski definition) is 2. The molecule has 4 heteroatoms. The van der Waals surface area contributed by atoms with Crippen molar-refractivity contribution in [1.82, 2.24) is 9.88 Å². The first-order chi connectivity index (χ1) is 7.70. The number of piperidine rings is 1. The van der Waals surface area contributed by atoms with E-state index in [0.29, 0.717) is 0 Å². The summed E-state index contributed by atoms with van der Waals surface area (Å²) >= 11 is 3.41. The number of pyridine rings is 1. The maximum Gasteiger partial charge on any atom is 0.255 e. The molecule has 16 heavy (non-hydrogen) atoms. The molecule has 0 unspecified atom stereocenters. The van der Waals surface area contributed by atoms with E-state index in [4.69, 9.17) is 0 Å². The van der Waals surface area contributed by atoms with Crippen LogP contribution in [0.25, 0.3) is 0 Å². The highest BCUT2D eigenvalue weighted by Crippen LogP contribution is 2.20. The third kappa shape index (κ3) is 2.26. The van der Waals surface area contributed by atoms with E-state index < -0.39 is 0 Å². The van der Waals surface area contributed by atoms with Crippen LogP contribution < -0.4 is 0 Å². The van der Waals surface area contributed by atoms with Crippen LogP contribution in [0, 0.1) is 6.92 Å². The molecule has 1 aliphatic rings. The maximum absolute atomic E-state index is 12.2. The summed E-state index contributed by atoms with van der Waals surface area (Å²) < 4.78 is 0.898. The Hall–Kier alpha value is -0.900. The molecule has 0 spiro atoms. The van der Waals surface area contributed by atoms with Crippen molar-refractivity contribution in [2.24, 2.45) is 0 Å². The van der Waals surface area contributed by atoms with Crippen LogP contribution in [0.3, 0.4) is 0 Å². The van der Waals surface area contributed by atoms with E-state index in [0.717, 1.165) is 41.5 Å². The van der Waals surface area contributed by atoms with Gasteiger partial charge in [-0.05, 0) is 47.7 Å². The number of halogens is 1. The van der Waals surface area contributed by atoms with Gasteiger partial charge in [0.25, 0.3) is 5.91 Å². The van der Waals surface area contributed by atoms with Gasteiger partial charge in [-0.15, -0.1) is 0 Å². The first-order valence-corrected chi connectivity index (χ1v) is 6.39. The lowest BCUT2D eigenvalue weighted by atomic mass is 10.1. The Labute approximate surface area is 104 Å². The number of aromatic nitrogens is 1. The fourth-order valence-electron chi connectivity index (χ4n) is 1.98. The molecule has 0 saturated carbocycles. The van der Waals surface area contributed by atoms with Gasteiger partial charge in [0.15, 0.2) is 0 Å². The van der Waals surface area contributed by atoms with Gasteiger partial charge in [0.05, 0.1) is 5.56 Å². The Morgan fingerprint density at radius 3 is 2.69 bits per heavy atom. The fraction of sp³-hybridized carbons (Fsp3) is 0.500. The lowest BCUT2D eigenvalue weighted by Gasteiger charge is -2.27. The Balaban J connectivity index is 2.22. The molecule has 1 fully saturated rings. The zero-order valence-electron chi connectivity index (χ0n) is 9.37. The molecule has 1 aromatic heterocycles. The third-order valence-corrected chi connectivity index (χ3v) is 3.83. The molecular weight excluding hydrogens is 268 g/mol. The van der Waals surface area contributed by atoms with Crippen LogP contribution in [0.5, 0.6) is 0 Å². The van der Waals surface area contributed by atoms with E-state index in [9.17, 15) is 4.79 Å². The van der Waals surface area contributed by atoms with Gasteiger partial charge in [0.1, 0.15) is 0 Å². The second kappa shape index (κ2) is 4.95. The van der Waals surface area contributed by atoms with Crippen molar-refractivity contribution in [1.29, 1.82) is 0 Å². The quantitative estimate of drug-likeness (QED) is 0.794. The van der Waals surface area contributed by atoms with Crippen LogP contribution in [-0.4, -0.2) is 28.9 Å². The summed E-state index contributed by atoms with van der Waals surface area (Å²) in [6.45, 7) is 3.71. The summed E-state index contributed by atoms with van der Waals surface area (Å²) in [7, 11) is 0. The molecule has 2 rings (SSSR count). The lowest BCUT2D eigenvalue weighted by Crippen LogP contribution is -2.36. The average molecular weight is 283 g/mol. The summed E-state index contributed by atoms with van der Waals surface area (Å²) in [5.74, 6) is 0.117. The first kappa shape index (κ1) is 11.6. The summed E-state index contributed by atoms with van der Waals surface area (Å²) in [6.07, 6.45) is 6.86. The summed E-state index contributed by atoms with van der Waals surface area (Å²) in [5, 5.41) is 0. The number of nitrogens with zero attached hydrogens (tertiary/aromatic N) is 2. The number of amides is 1. The van der Waals surface area contributed by atoms with Gasteiger partial charge in [-0.1, -0.05) is 0 Å². The number of carbonyl (C=O) groups excluding carboxylic acids is 1. The fourth-order valence-corrected chi connectivity index (χ4v) is 2.31. The molecule has 0 bridgehead atoms.